The molecule has 3 rings (SSSR count). The predicted octanol–water partition coefficient (Wildman–Crippen LogP) is 1.46. The highest BCUT2D eigenvalue weighted by Crippen LogP contribution is 2.28. The van der Waals surface area contributed by atoms with Gasteiger partial charge >= 0.3 is 5.69 Å². The van der Waals surface area contributed by atoms with E-state index in [4.69, 9.17) is 27.9 Å². The zero-order valence-electron chi connectivity index (χ0n) is 14.3. The second-order valence-corrected chi connectivity index (χ2v) is 8.23. The fourth-order valence-electron chi connectivity index (χ4n) is 2.88. The van der Waals surface area contributed by atoms with Crippen LogP contribution in [0.15, 0.2) is 34.0 Å². The van der Waals surface area contributed by atoms with Gasteiger partial charge in [-0.15, -0.1) is 0 Å². The van der Waals surface area contributed by atoms with Gasteiger partial charge in [0.15, 0.2) is 0 Å². The van der Waals surface area contributed by atoms with E-state index in [-0.39, 0.29) is 25.3 Å². The Morgan fingerprint density at radius 3 is 2.71 bits per heavy atom. The first-order chi connectivity index (χ1) is 13.3. The molecule has 28 heavy (non-hydrogen) atoms. The molecule has 0 unspecified atom stereocenters. The lowest BCUT2D eigenvalue weighted by atomic mass is 10.1. The molecule has 1 aromatic carbocycles. The van der Waals surface area contributed by atoms with Crippen molar-refractivity contribution in [3.8, 4) is 0 Å². The summed E-state index contributed by atoms with van der Waals surface area (Å²) in [6.07, 6.45) is -0.814. The number of H-pyrrole nitrogens is 1. The summed E-state index contributed by atoms with van der Waals surface area (Å²) in [5.41, 5.74) is -0.591. The van der Waals surface area contributed by atoms with Crippen LogP contribution in [0.5, 0.6) is 0 Å². The molecule has 1 aromatic heterocycles. The first-order valence-electron chi connectivity index (χ1n) is 8.30. The summed E-state index contributed by atoms with van der Waals surface area (Å²) >= 11 is 13.9. The number of amides is 1. The molecule has 0 saturated carbocycles. The summed E-state index contributed by atoms with van der Waals surface area (Å²) in [4.78, 5) is 37.8. The van der Waals surface area contributed by atoms with Gasteiger partial charge in [0.2, 0.25) is 5.91 Å². The Labute approximate surface area is 182 Å². The molecule has 0 bridgehead atoms. The molecule has 11 heteroatoms. The lowest BCUT2D eigenvalue weighted by Gasteiger charge is -2.17. The number of carbonyl (C=O) groups excluding carboxylic acids is 1. The quantitative estimate of drug-likeness (QED) is 0.498. The third-order valence-electron chi connectivity index (χ3n) is 4.34. The van der Waals surface area contributed by atoms with Crippen molar-refractivity contribution in [3.05, 3.63) is 64.4 Å². The number of halogens is 3. The van der Waals surface area contributed by atoms with Crippen molar-refractivity contribution in [2.45, 2.75) is 31.3 Å². The van der Waals surface area contributed by atoms with E-state index < -0.39 is 29.7 Å². The van der Waals surface area contributed by atoms with Crippen LogP contribution in [0.1, 0.15) is 18.2 Å². The lowest BCUT2D eigenvalue weighted by Crippen LogP contribution is -2.38. The standard InChI is InChI=1S/C17H16Cl2IN3O5/c18-9-2-1-3-10(19)8(9)4-14(25)21-6-13-12(24)5-15(28-13)23-7-11(20)16(26)22-17(23)27/h1-3,7,12-13,15,24H,4-6H2,(H,21,25)(H,22,26,27)/t12-,13+,15+/m0/s1. The van der Waals surface area contributed by atoms with E-state index in [0.717, 1.165) is 0 Å². The maximum Gasteiger partial charge on any atom is 0.330 e. The van der Waals surface area contributed by atoms with Crippen molar-refractivity contribution in [2.75, 3.05) is 6.54 Å². The van der Waals surface area contributed by atoms with Crippen molar-refractivity contribution in [1.82, 2.24) is 14.9 Å². The van der Waals surface area contributed by atoms with Gasteiger partial charge in [-0.25, -0.2) is 4.79 Å². The van der Waals surface area contributed by atoms with Gasteiger partial charge < -0.3 is 15.2 Å². The van der Waals surface area contributed by atoms with Gasteiger partial charge in [0, 0.05) is 29.2 Å². The normalized spacial score (nSPS) is 21.6. The van der Waals surface area contributed by atoms with Crippen LogP contribution in [-0.2, 0) is 16.0 Å². The molecule has 0 aliphatic carbocycles. The molecular weight excluding hydrogens is 524 g/mol. The van der Waals surface area contributed by atoms with Crippen LogP contribution in [0.2, 0.25) is 10.0 Å². The molecule has 0 spiro atoms. The topological polar surface area (TPSA) is 113 Å². The van der Waals surface area contributed by atoms with E-state index >= 15 is 0 Å². The first kappa shape index (κ1) is 21.3. The van der Waals surface area contributed by atoms with Crippen molar-refractivity contribution < 1.29 is 14.6 Å². The molecule has 2 heterocycles. The van der Waals surface area contributed by atoms with Crippen LogP contribution < -0.4 is 16.6 Å². The van der Waals surface area contributed by atoms with Gasteiger partial charge in [-0.1, -0.05) is 29.3 Å². The number of nitrogens with zero attached hydrogens (tertiary/aromatic N) is 1. The lowest BCUT2D eigenvalue weighted by molar-refractivity contribution is -0.121. The second-order valence-electron chi connectivity index (χ2n) is 6.26. The summed E-state index contributed by atoms with van der Waals surface area (Å²) in [6.45, 7) is 0.0494. The Bertz CT molecular complexity index is 989. The van der Waals surface area contributed by atoms with Crippen LogP contribution >= 0.6 is 45.8 Å². The minimum atomic E-state index is -0.884. The molecule has 1 aliphatic rings. The minimum absolute atomic E-state index is 0.0116. The van der Waals surface area contributed by atoms with Gasteiger partial charge in [0.1, 0.15) is 12.3 Å². The fourth-order valence-corrected chi connectivity index (χ4v) is 3.85. The van der Waals surface area contributed by atoms with Crippen molar-refractivity contribution in [1.29, 1.82) is 0 Å². The van der Waals surface area contributed by atoms with Crippen molar-refractivity contribution >= 4 is 51.7 Å². The Morgan fingerprint density at radius 1 is 1.36 bits per heavy atom. The number of benzene rings is 1. The molecule has 0 radical (unpaired) electrons. The number of aliphatic hydroxyl groups excluding tert-OH is 1. The number of aliphatic hydroxyl groups is 1. The summed E-state index contributed by atoms with van der Waals surface area (Å²) < 4.78 is 7.25. The van der Waals surface area contributed by atoms with E-state index in [1.807, 2.05) is 0 Å². The number of carbonyl (C=O) groups is 1. The monoisotopic (exact) mass is 539 g/mol. The summed E-state index contributed by atoms with van der Waals surface area (Å²) in [7, 11) is 0. The van der Waals surface area contributed by atoms with Crippen LogP contribution in [-0.4, -0.2) is 39.3 Å². The Hall–Kier alpha value is -1.40. The second kappa shape index (κ2) is 8.95. The minimum Gasteiger partial charge on any atom is -0.390 e. The average molecular weight is 540 g/mol. The van der Waals surface area contributed by atoms with Gasteiger partial charge in [-0.2, -0.15) is 0 Å². The number of hydrogen-bond acceptors (Lipinski definition) is 5. The van der Waals surface area contributed by atoms with Crippen LogP contribution in [0.4, 0.5) is 0 Å². The highest BCUT2D eigenvalue weighted by atomic mass is 127. The highest BCUT2D eigenvalue weighted by Gasteiger charge is 2.35. The highest BCUT2D eigenvalue weighted by molar-refractivity contribution is 14.1. The van der Waals surface area contributed by atoms with Crippen LogP contribution in [0, 0.1) is 3.57 Å². The van der Waals surface area contributed by atoms with E-state index in [1.54, 1.807) is 40.8 Å². The van der Waals surface area contributed by atoms with E-state index in [9.17, 15) is 19.5 Å². The molecule has 1 fully saturated rings. The molecule has 1 saturated heterocycles. The molecule has 8 nitrogen and oxygen atoms in total. The smallest absolute Gasteiger partial charge is 0.330 e. The van der Waals surface area contributed by atoms with Crippen LogP contribution in [0.3, 0.4) is 0 Å². The number of rotatable bonds is 5. The molecule has 2 aromatic rings. The van der Waals surface area contributed by atoms with Gasteiger partial charge in [0.05, 0.1) is 16.1 Å². The number of nitrogens with one attached hydrogen (secondary N) is 2. The van der Waals surface area contributed by atoms with Crippen molar-refractivity contribution in [3.63, 3.8) is 0 Å². The van der Waals surface area contributed by atoms with Crippen molar-refractivity contribution in [2.24, 2.45) is 0 Å². The SMILES string of the molecule is O=C(Cc1c(Cl)cccc1Cl)NC[C@H]1O[C@@H](n2cc(I)c(=O)[nH]c2=O)C[C@@H]1O. The fraction of sp³-hybridized carbons (Fsp3) is 0.353. The van der Waals surface area contributed by atoms with Gasteiger partial charge in [-0.05, 0) is 40.3 Å². The predicted molar refractivity (Wildman–Crippen MR) is 112 cm³/mol. The third-order valence-corrected chi connectivity index (χ3v) is 5.81. The molecule has 1 aliphatic heterocycles. The molecular formula is C17H16Cl2IN3O5. The van der Waals surface area contributed by atoms with E-state index in [1.165, 1.54) is 10.8 Å². The Balaban J connectivity index is 1.61. The Kier molecular flexibility index (Phi) is 6.81. The largest absolute Gasteiger partial charge is 0.390 e. The average Bonchev–Trinajstić information content (AvgIpc) is 3.00. The molecule has 1 amide bonds. The number of ether oxygens (including phenoxy) is 1. The summed E-state index contributed by atoms with van der Waals surface area (Å²) in [5, 5.41) is 13.7. The number of hydrogen-bond donors (Lipinski definition) is 3. The number of aromatic amines is 1. The molecule has 150 valence electrons. The molecule has 3 N–H and O–H groups in total. The zero-order valence-corrected chi connectivity index (χ0v) is 18.0. The zero-order chi connectivity index (χ0) is 20.4. The maximum absolute atomic E-state index is 12.2. The van der Waals surface area contributed by atoms with Gasteiger partial charge in [0.25, 0.3) is 5.56 Å². The van der Waals surface area contributed by atoms with E-state index in [0.29, 0.717) is 19.2 Å². The number of aromatic nitrogens is 2. The van der Waals surface area contributed by atoms with Crippen LogP contribution in [0.25, 0.3) is 0 Å². The first-order valence-corrected chi connectivity index (χ1v) is 10.1. The van der Waals surface area contributed by atoms with Gasteiger partial charge in [-0.3, -0.25) is 19.1 Å². The third kappa shape index (κ3) is 4.77. The molecule has 3 atom stereocenters. The summed E-state index contributed by atoms with van der Waals surface area (Å²) in [5.74, 6) is -0.329. The van der Waals surface area contributed by atoms with E-state index in [2.05, 4.69) is 10.3 Å². The summed E-state index contributed by atoms with van der Waals surface area (Å²) in [6, 6.07) is 4.98. The Morgan fingerprint density at radius 2 is 2.04 bits per heavy atom. The maximum atomic E-state index is 12.2.